The Hall–Kier alpha value is -3.92. The van der Waals surface area contributed by atoms with Gasteiger partial charge in [-0.05, 0) is 49.1 Å². The summed E-state index contributed by atoms with van der Waals surface area (Å²) in [6.45, 7) is 3.29. The summed E-state index contributed by atoms with van der Waals surface area (Å²) in [6, 6.07) is 14.4. The van der Waals surface area contributed by atoms with Crippen LogP contribution in [0.2, 0.25) is 0 Å². The number of nitrogens with zero attached hydrogens (tertiary/aromatic N) is 2. The van der Waals surface area contributed by atoms with Crippen molar-refractivity contribution >= 4 is 41.5 Å². The van der Waals surface area contributed by atoms with Gasteiger partial charge in [0.2, 0.25) is 5.91 Å². The zero-order valence-corrected chi connectivity index (χ0v) is 20.1. The third kappa shape index (κ3) is 4.44. The molecular weight excluding hydrogens is 470 g/mol. The smallest absolute Gasteiger partial charge is 0.354 e. The molecule has 4 amide bonds. The van der Waals surface area contributed by atoms with Gasteiger partial charge in [-0.1, -0.05) is 42.5 Å². The largest absolute Gasteiger partial charge is 0.464 e. The molecule has 2 aromatic rings. The predicted octanol–water partition coefficient (Wildman–Crippen LogP) is 2.29. The van der Waals surface area contributed by atoms with Crippen molar-refractivity contribution in [3.63, 3.8) is 0 Å². The van der Waals surface area contributed by atoms with E-state index in [1.54, 1.807) is 62.4 Å². The molecule has 1 N–H and O–H groups in total. The van der Waals surface area contributed by atoms with Crippen LogP contribution in [-0.4, -0.2) is 57.3 Å². The fourth-order valence-corrected chi connectivity index (χ4v) is 5.17. The van der Waals surface area contributed by atoms with Crippen LogP contribution < -0.4 is 5.32 Å². The van der Waals surface area contributed by atoms with E-state index in [2.05, 4.69) is 5.32 Å². The number of imide groups is 1. The Bertz CT molecular complexity index is 1220. The van der Waals surface area contributed by atoms with Gasteiger partial charge in [0.15, 0.2) is 0 Å². The quantitative estimate of drug-likeness (QED) is 0.207. The molecule has 1 fully saturated rings. The second kappa shape index (κ2) is 9.75. The van der Waals surface area contributed by atoms with Crippen LogP contribution in [0.3, 0.4) is 0 Å². The molecule has 2 aromatic carbocycles. The van der Waals surface area contributed by atoms with Gasteiger partial charge in [-0.25, -0.2) is 9.10 Å². The zero-order valence-electron chi connectivity index (χ0n) is 19.3. The lowest BCUT2D eigenvalue weighted by Gasteiger charge is -2.47. The molecule has 2 atom stereocenters. The third-order valence-corrected chi connectivity index (χ3v) is 6.87. The Kier molecular flexibility index (Phi) is 6.74. The second-order valence-electron chi connectivity index (χ2n) is 8.20. The van der Waals surface area contributed by atoms with Gasteiger partial charge < -0.3 is 10.1 Å². The molecule has 4 rings (SSSR count). The summed E-state index contributed by atoms with van der Waals surface area (Å²) >= 11 is 0.791. The normalized spacial score (nSPS) is 18.7. The molecule has 180 valence electrons. The molecule has 0 saturated carbocycles. The first-order chi connectivity index (χ1) is 16.7. The Morgan fingerprint density at radius 2 is 1.51 bits per heavy atom. The standard InChI is InChI=1S/C25H23N3O6S/c1-14(2)20(25(33)34-3)27-23(32)19(26-18(29)13-15-9-5-4-6-10-15)24(27)35-28-21(30)16-11-7-8-12-17(16)22(28)31/h4-12,19,24H,13H2,1-3H3,(H,26,29). The molecule has 2 aliphatic rings. The molecule has 2 aliphatic heterocycles. The second-order valence-corrected chi connectivity index (χ2v) is 9.26. The van der Waals surface area contributed by atoms with Crippen LogP contribution in [0.15, 0.2) is 65.9 Å². The van der Waals surface area contributed by atoms with Crippen molar-refractivity contribution in [2.24, 2.45) is 0 Å². The van der Waals surface area contributed by atoms with Crippen LogP contribution >= 0.6 is 11.9 Å². The number of carbonyl (C=O) groups is 5. The highest BCUT2D eigenvalue weighted by Gasteiger charge is 2.55. The summed E-state index contributed by atoms with van der Waals surface area (Å²) in [7, 11) is 1.20. The lowest BCUT2D eigenvalue weighted by atomic mass is 10.0. The van der Waals surface area contributed by atoms with E-state index >= 15 is 0 Å². The number of amides is 4. The molecule has 2 unspecified atom stereocenters. The maximum atomic E-state index is 13.1. The molecule has 1 saturated heterocycles. The number of hydrogen-bond donors (Lipinski definition) is 1. The van der Waals surface area contributed by atoms with Gasteiger partial charge in [0, 0.05) is 0 Å². The number of carbonyl (C=O) groups excluding carboxylic acids is 5. The summed E-state index contributed by atoms with van der Waals surface area (Å²) in [5, 5.41) is 1.77. The number of hydrogen-bond acceptors (Lipinski definition) is 7. The molecule has 0 aromatic heterocycles. The average molecular weight is 494 g/mol. The molecule has 0 aliphatic carbocycles. The van der Waals surface area contributed by atoms with Crippen LogP contribution in [0.1, 0.15) is 40.1 Å². The van der Waals surface area contributed by atoms with E-state index in [0.717, 1.165) is 21.8 Å². The van der Waals surface area contributed by atoms with Crippen molar-refractivity contribution in [1.29, 1.82) is 0 Å². The highest BCUT2D eigenvalue weighted by molar-refractivity contribution is 7.98. The molecule has 2 heterocycles. The van der Waals surface area contributed by atoms with E-state index in [0.29, 0.717) is 5.57 Å². The van der Waals surface area contributed by atoms with Crippen molar-refractivity contribution < 1.29 is 28.7 Å². The SMILES string of the molecule is COC(=O)C(=C(C)C)N1C(=O)C(NC(=O)Cc2ccccc2)C1SN1C(=O)c2ccccc2C1=O. The Morgan fingerprint density at radius 3 is 2.06 bits per heavy atom. The summed E-state index contributed by atoms with van der Waals surface area (Å²) in [4.78, 5) is 65.4. The minimum absolute atomic E-state index is 0.000155. The van der Waals surface area contributed by atoms with E-state index in [4.69, 9.17) is 4.74 Å². The van der Waals surface area contributed by atoms with E-state index in [9.17, 15) is 24.0 Å². The lowest BCUT2D eigenvalue weighted by molar-refractivity contribution is -0.151. The zero-order chi connectivity index (χ0) is 25.3. The fourth-order valence-electron chi connectivity index (χ4n) is 3.96. The summed E-state index contributed by atoms with van der Waals surface area (Å²) in [6.07, 6.45) is 0.0432. The van der Waals surface area contributed by atoms with Crippen molar-refractivity contribution in [2.75, 3.05) is 7.11 Å². The van der Waals surface area contributed by atoms with Crippen LogP contribution in [-0.2, 0) is 25.5 Å². The third-order valence-electron chi connectivity index (χ3n) is 5.63. The van der Waals surface area contributed by atoms with E-state index in [1.807, 2.05) is 6.07 Å². The monoisotopic (exact) mass is 493 g/mol. The van der Waals surface area contributed by atoms with Gasteiger partial charge in [-0.2, -0.15) is 0 Å². The number of esters is 1. The molecule has 0 bridgehead atoms. The van der Waals surface area contributed by atoms with Gasteiger partial charge in [-0.3, -0.25) is 24.1 Å². The van der Waals surface area contributed by atoms with Gasteiger partial charge >= 0.3 is 5.97 Å². The molecule has 0 radical (unpaired) electrons. The summed E-state index contributed by atoms with van der Waals surface area (Å²) in [5.74, 6) is -2.73. The van der Waals surface area contributed by atoms with Gasteiger partial charge in [0.05, 0.1) is 24.7 Å². The minimum atomic E-state index is -1.06. The molecule has 35 heavy (non-hydrogen) atoms. The fraction of sp³-hybridized carbons (Fsp3) is 0.240. The predicted molar refractivity (Wildman–Crippen MR) is 128 cm³/mol. The average Bonchev–Trinajstić information content (AvgIpc) is 3.09. The van der Waals surface area contributed by atoms with E-state index in [-0.39, 0.29) is 23.2 Å². The number of allylic oxidation sites excluding steroid dienone is 1. The Balaban J connectivity index is 1.61. The van der Waals surface area contributed by atoms with Crippen LogP contribution in [0, 0.1) is 0 Å². The van der Waals surface area contributed by atoms with Crippen LogP contribution in [0.5, 0.6) is 0 Å². The van der Waals surface area contributed by atoms with Crippen molar-refractivity contribution in [3.05, 3.63) is 82.6 Å². The van der Waals surface area contributed by atoms with Gasteiger partial charge in [-0.15, -0.1) is 0 Å². The number of β-lactam (4-membered cyclic amide) rings is 1. The summed E-state index contributed by atoms with van der Waals surface area (Å²) < 4.78 is 5.81. The van der Waals surface area contributed by atoms with E-state index in [1.165, 1.54) is 12.0 Å². The molecule has 10 heteroatoms. The Labute approximate surface area is 206 Å². The first-order valence-electron chi connectivity index (χ1n) is 10.8. The van der Waals surface area contributed by atoms with Crippen LogP contribution in [0.25, 0.3) is 0 Å². The number of fused-ring (bicyclic) bond motifs is 1. The number of benzene rings is 2. The van der Waals surface area contributed by atoms with Crippen molar-refractivity contribution in [3.8, 4) is 0 Å². The highest BCUT2D eigenvalue weighted by Crippen LogP contribution is 2.40. The van der Waals surface area contributed by atoms with Crippen LogP contribution in [0.4, 0.5) is 0 Å². The molecule has 0 spiro atoms. The maximum Gasteiger partial charge on any atom is 0.354 e. The number of rotatable bonds is 7. The maximum absolute atomic E-state index is 13.1. The first-order valence-corrected chi connectivity index (χ1v) is 11.6. The topological polar surface area (TPSA) is 113 Å². The van der Waals surface area contributed by atoms with Crippen molar-refractivity contribution in [2.45, 2.75) is 31.7 Å². The minimum Gasteiger partial charge on any atom is -0.464 e. The number of methoxy groups -OCH3 is 1. The lowest BCUT2D eigenvalue weighted by Crippen LogP contribution is -2.70. The van der Waals surface area contributed by atoms with Gasteiger partial charge in [0.25, 0.3) is 17.7 Å². The molecule has 9 nitrogen and oxygen atoms in total. The Morgan fingerprint density at radius 1 is 0.943 bits per heavy atom. The van der Waals surface area contributed by atoms with Gasteiger partial charge in [0.1, 0.15) is 17.1 Å². The van der Waals surface area contributed by atoms with Crippen molar-refractivity contribution in [1.82, 2.24) is 14.5 Å². The number of likely N-dealkylation sites (tertiary alicyclic amines) is 1. The van der Waals surface area contributed by atoms with E-state index < -0.39 is 41.0 Å². The molecular formula is C25H23N3O6S. The highest BCUT2D eigenvalue weighted by atomic mass is 32.2. The first kappa shape index (κ1) is 24.2. The number of nitrogens with one attached hydrogen (secondary N) is 1. The number of ether oxygens (including phenoxy) is 1. The summed E-state index contributed by atoms with van der Waals surface area (Å²) in [5.41, 5.74) is 1.77.